The molecule has 7 atom stereocenters. The first-order chi connectivity index (χ1) is 13.8. The number of aliphatic hydroxyl groups is 6. The third kappa shape index (κ3) is 7.18. The summed E-state index contributed by atoms with van der Waals surface area (Å²) in [5, 5.41) is 71.5. The number of piperidine rings is 1. The minimum Gasteiger partial charge on any atom is -0.508 e. The molecule has 8 nitrogen and oxygen atoms in total. The van der Waals surface area contributed by atoms with Crippen molar-refractivity contribution in [3.05, 3.63) is 29.8 Å². The Hall–Kier alpha value is -1.26. The standard InChI is InChI=1S/C21H35NO7/c23-12-16-20(28)21(29)19(27)15(22-16)5-3-1-2-4-6-17(25)18(26)11-13-7-9-14(24)10-8-13/h7-10,15-29H,1-6,11-12H2/t15-,16-,17-,18-,19+,20-,21-/m1/s1. The summed E-state index contributed by atoms with van der Waals surface area (Å²) in [6, 6.07) is 5.50. The molecule has 1 heterocycles. The van der Waals surface area contributed by atoms with E-state index >= 15 is 0 Å². The maximum atomic E-state index is 10.1. The van der Waals surface area contributed by atoms with Gasteiger partial charge in [0.05, 0.1) is 37.1 Å². The molecule has 166 valence electrons. The number of phenols is 1. The van der Waals surface area contributed by atoms with Crippen LogP contribution >= 0.6 is 0 Å². The van der Waals surface area contributed by atoms with E-state index < -0.39 is 36.6 Å². The van der Waals surface area contributed by atoms with Gasteiger partial charge in [0.25, 0.3) is 0 Å². The molecular formula is C21H35NO7. The Morgan fingerprint density at radius 3 is 2.07 bits per heavy atom. The van der Waals surface area contributed by atoms with E-state index in [0.717, 1.165) is 31.2 Å². The van der Waals surface area contributed by atoms with Crippen LogP contribution in [-0.2, 0) is 6.42 Å². The Morgan fingerprint density at radius 1 is 0.793 bits per heavy atom. The molecule has 0 radical (unpaired) electrons. The fourth-order valence-corrected chi connectivity index (χ4v) is 3.84. The van der Waals surface area contributed by atoms with Crippen LogP contribution in [0.5, 0.6) is 5.75 Å². The predicted octanol–water partition coefficient (Wildman–Crippen LogP) is -0.588. The molecule has 0 saturated carbocycles. The topological polar surface area (TPSA) is 154 Å². The summed E-state index contributed by atoms with van der Waals surface area (Å²) in [5.41, 5.74) is 0.848. The van der Waals surface area contributed by atoms with Crippen molar-refractivity contribution in [1.82, 2.24) is 5.32 Å². The molecule has 0 amide bonds. The third-order valence-corrected chi connectivity index (χ3v) is 5.74. The normalized spacial score (nSPS) is 29.5. The third-order valence-electron chi connectivity index (χ3n) is 5.74. The monoisotopic (exact) mass is 413 g/mol. The fourth-order valence-electron chi connectivity index (χ4n) is 3.84. The average Bonchev–Trinajstić information content (AvgIpc) is 2.71. The molecule has 1 saturated heterocycles. The maximum absolute atomic E-state index is 10.1. The molecule has 0 spiro atoms. The smallest absolute Gasteiger partial charge is 0.115 e. The van der Waals surface area contributed by atoms with Gasteiger partial charge in [0.15, 0.2) is 0 Å². The maximum Gasteiger partial charge on any atom is 0.115 e. The second-order valence-electron chi connectivity index (χ2n) is 8.03. The molecule has 29 heavy (non-hydrogen) atoms. The van der Waals surface area contributed by atoms with E-state index in [2.05, 4.69) is 5.32 Å². The largest absolute Gasteiger partial charge is 0.508 e. The van der Waals surface area contributed by atoms with Crippen molar-refractivity contribution in [2.45, 2.75) is 87.5 Å². The molecule has 1 aromatic rings. The minimum atomic E-state index is -1.27. The van der Waals surface area contributed by atoms with Crippen molar-refractivity contribution in [1.29, 1.82) is 0 Å². The fraction of sp³-hybridized carbons (Fsp3) is 0.714. The molecule has 1 aromatic carbocycles. The predicted molar refractivity (Wildman–Crippen MR) is 107 cm³/mol. The van der Waals surface area contributed by atoms with E-state index in [0.29, 0.717) is 19.3 Å². The van der Waals surface area contributed by atoms with Crippen LogP contribution in [-0.4, -0.2) is 85.0 Å². The Kier molecular flexibility index (Phi) is 9.78. The first-order valence-electron chi connectivity index (χ1n) is 10.4. The van der Waals surface area contributed by atoms with E-state index in [1.807, 2.05) is 0 Å². The Morgan fingerprint density at radius 2 is 1.41 bits per heavy atom. The zero-order valence-electron chi connectivity index (χ0n) is 16.6. The highest BCUT2D eigenvalue weighted by atomic mass is 16.4. The van der Waals surface area contributed by atoms with Gasteiger partial charge in [-0.2, -0.15) is 0 Å². The quantitative estimate of drug-likeness (QED) is 0.224. The second-order valence-corrected chi connectivity index (χ2v) is 8.03. The van der Waals surface area contributed by atoms with Gasteiger partial charge in [-0.05, 0) is 30.5 Å². The van der Waals surface area contributed by atoms with Gasteiger partial charge in [0.1, 0.15) is 11.9 Å². The molecule has 1 aliphatic heterocycles. The van der Waals surface area contributed by atoms with Gasteiger partial charge in [-0.25, -0.2) is 0 Å². The van der Waals surface area contributed by atoms with E-state index in [1.165, 1.54) is 0 Å². The molecule has 1 aliphatic rings. The first-order valence-corrected chi connectivity index (χ1v) is 10.4. The van der Waals surface area contributed by atoms with Crippen LogP contribution in [0.15, 0.2) is 24.3 Å². The summed E-state index contributed by atoms with van der Waals surface area (Å²) in [6.45, 7) is -0.314. The van der Waals surface area contributed by atoms with Gasteiger partial charge < -0.3 is 41.1 Å². The Labute approximate surface area is 171 Å². The summed E-state index contributed by atoms with van der Waals surface area (Å²) in [5.74, 6) is 0.164. The lowest BCUT2D eigenvalue weighted by molar-refractivity contribution is -0.120. The van der Waals surface area contributed by atoms with Gasteiger partial charge >= 0.3 is 0 Å². The second kappa shape index (κ2) is 11.8. The molecule has 1 fully saturated rings. The van der Waals surface area contributed by atoms with Crippen molar-refractivity contribution in [2.24, 2.45) is 0 Å². The number of benzene rings is 1. The van der Waals surface area contributed by atoms with Crippen LogP contribution in [0, 0.1) is 0 Å². The van der Waals surface area contributed by atoms with E-state index in [9.17, 15) is 35.7 Å². The van der Waals surface area contributed by atoms with E-state index in [1.54, 1.807) is 24.3 Å². The summed E-state index contributed by atoms with van der Waals surface area (Å²) >= 11 is 0. The molecule has 2 rings (SSSR count). The van der Waals surface area contributed by atoms with E-state index in [-0.39, 0.29) is 18.4 Å². The number of phenolic OH excluding ortho intramolecular Hbond substituents is 1. The molecular weight excluding hydrogens is 378 g/mol. The molecule has 0 aliphatic carbocycles. The number of nitrogens with one attached hydrogen (secondary N) is 1. The molecule has 8 heteroatoms. The Bertz CT molecular complexity index is 583. The summed E-state index contributed by atoms with van der Waals surface area (Å²) in [6.07, 6.45) is -0.515. The van der Waals surface area contributed by atoms with Gasteiger partial charge in [-0.1, -0.05) is 37.8 Å². The van der Waals surface area contributed by atoms with Crippen LogP contribution in [0.1, 0.15) is 44.1 Å². The number of hydrogen-bond donors (Lipinski definition) is 8. The van der Waals surface area contributed by atoms with Gasteiger partial charge in [0.2, 0.25) is 0 Å². The minimum absolute atomic E-state index is 0.164. The molecule has 0 unspecified atom stereocenters. The number of unbranched alkanes of at least 4 members (excludes halogenated alkanes) is 3. The number of hydrogen-bond acceptors (Lipinski definition) is 8. The van der Waals surface area contributed by atoms with Gasteiger partial charge in [-0.15, -0.1) is 0 Å². The van der Waals surface area contributed by atoms with Crippen LogP contribution in [0.2, 0.25) is 0 Å². The summed E-state index contributed by atoms with van der Waals surface area (Å²) < 4.78 is 0. The van der Waals surface area contributed by atoms with Crippen molar-refractivity contribution in [2.75, 3.05) is 6.61 Å². The summed E-state index contributed by atoms with van der Waals surface area (Å²) in [7, 11) is 0. The number of rotatable bonds is 11. The highest BCUT2D eigenvalue weighted by Gasteiger charge is 2.41. The summed E-state index contributed by atoms with van der Waals surface area (Å²) in [4.78, 5) is 0. The zero-order valence-corrected chi connectivity index (χ0v) is 16.6. The highest BCUT2D eigenvalue weighted by Crippen LogP contribution is 2.20. The molecule has 0 aromatic heterocycles. The number of aliphatic hydroxyl groups excluding tert-OH is 6. The van der Waals surface area contributed by atoms with Crippen LogP contribution in [0.25, 0.3) is 0 Å². The Balaban J connectivity index is 1.60. The van der Waals surface area contributed by atoms with Crippen molar-refractivity contribution >= 4 is 0 Å². The first kappa shape index (κ1) is 24.0. The SMILES string of the molecule is OC[C@H]1N[C@H](CCCCCC[C@@H](O)[C@H](O)Cc2ccc(O)cc2)[C@H](O)[C@@H](O)[C@@H]1O. The number of aromatic hydroxyl groups is 1. The van der Waals surface area contributed by atoms with Gasteiger partial charge in [0, 0.05) is 12.5 Å². The van der Waals surface area contributed by atoms with E-state index in [4.69, 9.17) is 0 Å². The lowest BCUT2D eigenvalue weighted by Crippen LogP contribution is -2.65. The van der Waals surface area contributed by atoms with Crippen molar-refractivity contribution < 1.29 is 35.7 Å². The lowest BCUT2D eigenvalue weighted by atomic mass is 9.88. The molecule has 8 N–H and O–H groups in total. The van der Waals surface area contributed by atoms with Crippen molar-refractivity contribution in [3.8, 4) is 5.75 Å². The lowest BCUT2D eigenvalue weighted by Gasteiger charge is -2.41. The van der Waals surface area contributed by atoms with Crippen molar-refractivity contribution in [3.63, 3.8) is 0 Å². The van der Waals surface area contributed by atoms with Crippen LogP contribution < -0.4 is 5.32 Å². The van der Waals surface area contributed by atoms with Gasteiger partial charge in [-0.3, -0.25) is 0 Å². The molecule has 0 bridgehead atoms. The van der Waals surface area contributed by atoms with Crippen LogP contribution in [0.3, 0.4) is 0 Å². The van der Waals surface area contributed by atoms with Crippen LogP contribution in [0.4, 0.5) is 0 Å². The highest BCUT2D eigenvalue weighted by molar-refractivity contribution is 5.26. The zero-order chi connectivity index (χ0) is 21.4. The average molecular weight is 414 g/mol.